The van der Waals surface area contributed by atoms with Crippen molar-refractivity contribution in [1.82, 2.24) is 39.9 Å². The Labute approximate surface area is 627 Å². The molecule has 0 radical (unpaired) electrons. The molecule has 0 aliphatic heterocycles. The Bertz CT molecular complexity index is 4140. The van der Waals surface area contributed by atoms with Crippen LogP contribution in [-0.4, -0.2) is 45.8 Å². The number of benzene rings is 7. The Kier molecular flexibility index (Phi) is 43.8. The molecule has 14 N–H and O–H groups in total. The number of nitrogens with one attached hydrogen (secondary N) is 6. The van der Waals surface area contributed by atoms with E-state index < -0.39 is 0 Å². The van der Waals surface area contributed by atoms with Gasteiger partial charge in [0.1, 0.15) is 22.6 Å². The first kappa shape index (κ1) is 91.1. The summed E-state index contributed by atoms with van der Waals surface area (Å²) in [6.45, 7) is 11.1. The third-order valence-electron chi connectivity index (χ3n) is 11.5. The first-order valence-electron chi connectivity index (χ1n) is 27.0. The summed E-state index contributed by atoms with van der Waals surface area (Å²) in [5, 5.41) is 19.7. The smallest absolute Gasteiger partial charge is 0.247 e. The molecule has 0 unspecified atom stereocenters. The third kappa shape index (κ3) is 33.3. The summed E-state index contributed by atoms with van der Waals surface area (Å²) < 4.78 is 4.02. The highest BCUT2D eigenvalue weighted by Crippen LogP contribution is 2.27. The van der Waals surface area contributed by atoms with Crippen LogP contribution >= 0.6 is 98.5 Å². The Balaban J connectivity index is 0. The average molecular weight is 1650 g/mol. The molecule has 0 atom stereocenters. The van der Waals surface area contributed by atoms with E-state index >= 15 is 0 Å². The van der Waals surface area contributed by atoms with Crippen LogP contribution in [0.5, 0.6) is 0 Å². The highest BCUT2D eigenvalue weighted by Gasteiger charge is 2.09. The van der Waals surface area contributed by atoms with Gasteiger partial charge in [-0.1, -0.05) is 176 Å². The van der Waals surface area contributed by atoms with Gasteiger partial charge < -0.3 is 54.8 Å². The largest absolute Gasteiger partial charge is 0.399 e. The SMILES string of the molecule is C.C.C.C.C.C.C.C=CC(=O)Nc1cccc(Nc2ncc(C)c(Nc3cccc(Br)c3)n2)c1.Cc1cnc(Cl)nc1Cl.Cc1cnc(Cl)nc1Nc1cccc(Br)c1.Cc1cnc(Nc2cccc(N)c2)nc1Nc1cccc(Br)c1.Nc1cccc(Br)c1.Nc1cccc(N)c1. The molecule has 0 fully saturated rings. The number of hydrogen-bond donors (Lipinski definition) is 10. The molecular formula is C72H89Br4Cl3N18O. The zero-order valence-electron chi connectivity index (χ0n) is 49.2. The van der Waals surface area contributed by atoms with Crippen molar-refractivity contribution in [2.75, 3.05) is 54.8 Å². The van der Waals surface area contributed by atoms with E-state index in [0.717, 1.165) is 85.9 Å². The molecule has 0 spiro atoms. The fraction of sp³-hybridized carbons (Fsp3) is 0.153. The van der Waals surface area contributed by atoms with E-state index in [1.807, 2.05) is 167 Å². The summed E-state index contributed by atoms with van der Waals surface area (Å²) in [6.07, 6.45) is 8.03. The van der Waals surface area contributed by atoms with Gasteiger partial charge in [0.2, 0.25) is 28.4 Å². The number of anilines is 15. The van der Waals surface area contributed by atoms with Gasteiger partial charge in [-0.05, 0) is 184 Å². The minimum absolute atomic E-state index is 0. The molecule has 0 saturated carbocycles. The predicted octanol–water partition coefficient (Wildman–Crippen LogP) is 23.1. The number of amides is 1. The second kappa shape index (κ2) is 47.1. The Morgan fingerprint density at radius 3 is 1.03 bits per heavy atom. The number of nitrogens with zero attached hydrogens (tertiary/aromatic N) is 8. The lowest BCUT2D eigenvalue weighted by atomic mass is 10.2. The molecule has 26 heteroatoms. The number of halogens is 7. The van der Waals surface area contributed by atoms with Crippen molar-refractivity contribution >= 4 is 191 Å². The van der Waals surface area contributed by atoms with Crippen LogP contribution in [0.15, 0.2) is 225 Å². The number of hydrogen-bond acceptors (Lipinski definition) is 18. The summed E-state index contributed by atoms with van der Waals surface area (Å²) in [4.78, 5) is 44.6. The minimum atomic E-state index is -0.265. The number of aromatic nitrogens is 8. The van der Waals surface area contributed by atoms with E-state index in [2.05, 4.69) is 142 Å². The molecule has 98 heavy (non-hydrogen) atoms. The quantitative estimate of drug-likeness (QED) is 0.0235. The lowest BCUT2D eigenvalue weighted by Gasteiger charge is -2.12. The minimum Gasteiger partial charge on any atom is -0.399 e. The zero-order valence-corrected chi connectivity index (χ0v) is 57.8. The van der Waals surface area contributed by atoms with Crippen molar-refractivity contribution < 1.29 is 4.79 Å². The first-order chi connectivity index (χ1) is 43.5. The Morgan fingerprint density at radius 1 is 0.378 bits per heavy atom. The third-order valence-corrected chi connectivity index (χ3v) is 14.2. The van der Waals surface area contributed by atoms with Crippen LogP contribution in [-0.2, 0) is 4.79 Å². The molecule has 0 bridgehead atoms. The second-order valence-corrected chi connectivity index (χ2v) is 23.7. The summed E-state index contributed by atoms with van der Waals surface area (Å²) in [7, 11) is 0. The Hall–Kier alpha value is -8.94. The van der Waals surface area contributed by atoms with Crippen LogP contribution in [0.25, 0.3) is 0 Å². The number of nitrogen functional groups attached to an aromatic ring is 4. The van der Waals surface area contributed by atoms with Gasteiger partial charge in [-0.2, -0.15) is 9.97 Å². The fourth-order valence-corrected chi connectivity index (χ4v) is 9.18. The number of carbonyl (C=O) groups is 1. The molecule has 0 aliphatic carbocycles. The summed E-state index contributed by atoms with van der Waals surface area (Å²) in [5.74, 6) is 2.88. The van der Waals surface area contributed by atoms with Crippen LogP contribution in [0.3, 0.4) is 0 Å². The molecule has 4 heterocycles. The molecule has 19 nitrogen and oxygen atoms in total. The van der Waals surface area contributed by atoms with Crippen LogP contribution < -0.4 is 54.8 Å². The van der Waals surface area contributed by atoms with E-state index in [-0.39, 0.29) is 68.5 Å². The van der Waals surface area contributed by atoms with E-state index in [1.54, 1.807) is 55.1 Å². The highest BCUT2D eigenvalue weighted by atomic mass is 79.9. The van der Waals surface area contributed by atoms with Crippen LogP contribution in [0, 0.1) is 27.7 Å². The lowest BCUT2D eigenvalue weighted by molar-refractivity contribution is -0.111. The van der Waals surface area contributed by atoms with Gasteiger partial charge in [-0.15, -0.1) is 0 Å². The number of carbonyl (C=O) groups excluding carboxylic acids is 1. The van der Waals surface area contributed by atoms with Crippen molar-refractivity contribution in [2.45, 2.75) is 79.7 Å². The fourth-order valence-electron chi connectivity index (χ4n) is 7.12. The second-order valence-electron chi connectivity index (χ2n) is 19.0. The van der Waals surface area contributed by atoms with Crippen molar-refractivity contribution in [3.05, 3.63) is 263 Å². The van der Waals surface area contributed by atoms with Crippen LogP contribution in [0.4, 0.5) is 86.2 Å². The van der Waals surface area contributed by atoms with Gasteiger partial charge in [-0.25, -0.2) is 29.9 Å². The maximum atomic E-state index is 11.4. The van der Waals surface area contributed by atoms with Crippen molar-refractivity contribution in [3.8, 4) is 0 Å². The number of nitrogens with two attached hydrogens (primary N) is 4. The van der Waals surface area contributed by atoms with Crippen molar-refractivity contribution in [3.63, 3.8) is 0 Å². The first-order valence-corrected chi connectivity index (χ1v) is 31.3. The molecule has 522 valence electrons. The number of aryl methyl sites for hydroxylation is 4. The van der Waals surface area contributed by atoms with Gasteiger partial charge in [-0.3, -0.25) is 4.79 Å². The highest BCUT2D eigenvalue weighted by molar-refractivity contribution is 9.11. The topological polar surface area (TPSA) is 296 Å². The molecular weight excluding hydrogens is 1560 g/mol. The molecule has 11 rings (SSSR count). The van der Waals surface area contributed by atoms with E-state index in [9.17, 15) is 4.79 Å². The Morgan fingerprint density at radius 2 is 0.684 bits per heavy atom. The lowest BCUT2D eigenvalue weighted by Crippen LogP contribution is -2.07. The van der Waals surface area contributed by atoms with Gasteiger partial charge in [0.15, 0.2) is 0 Å². The summed E-state index contributed by atoms with van der Waals surface area (Å²) in [6, 6.07) is 53.1. The van der Waals surface area contributed by atoms with Crippen LogP contribution in [0.1, 0.15) is 74.2 Å². The molecule has 7 aromatic carbocycles. The van der Waals surface area contributed by atoms with E-state index in [4.69, 9.17) is 57.7 Å². The van der Waals surface area contributed by atoms with E-state index in [1.165, 1.54) is 6.08 Å². The van der Waals surface area contributed by atoms with Gasteiger partial charge >= 0.3 is 0 Å². The maximum Gasteiger partial charge on any atom is 0.247 e. The van der Waals surface area contributed by atoms with Gasteiger partial charge in [0, 0.05) is 122 Å². The molecule has 0 aliphatic rings. The summed E-state index contributed by atoms with van der Waals surface area (Å²) >= 11 is 30.3. The molecule has 1 amide bonds. The average Bonchev–Trinajstić information content (AvgIpc) is 0.854. The standard InChI is InChI=1S/C20H18BrN5O.C17H16BrN5.C11H9BrClN3.C6H6BrN.C6H8N2.C5H4Cl2N2.7CH4/c1-3-18(27)23-16-8-5-9-17(11-16)25-20-22-12-13(2)19(26-20)24-15-7-4-6-14(21)10-15;1-11-10-20-17(22-15-7-3-5-13(19)9-15)23-16(11)21-14-6-2-4-12(18)8-14;1-7-6-14-11(13)16-10(7)15-9-4-2-3-8(12)5-9;2*7-5-2-1-3-6(8)4-5;1-3-2-8-5(7)9-4(3)6;;;;;;;/h3-12H,1H2,2H3,(H,23,27)(H2,22,24,25,26);2-10H,19H2,1H3,(H2,20,21,22,23);2-6H,1H3,(H,14,15,16);1-4H,8H2;1-4H,7-8H2;2H,1H3;7*1H4. The summed E-state index contributed by atoms with van der Waals surface area (Å²) in [5.41, 5.74) is 33.6. The van der Waals surface area contributed by atoms with Crippen molar-refractivity contribution in [2.24, 2.45) is 0 Å². The number of rotatable bonds is 12. The molecule has 0 saturated heterocycles. The van der Waals surface area contributed by atoms with Crippen LogP contribution in [0.2, 0.25) is 15.7 Å². The predicted molar refractivity (Wildman–Crippen MR) is 438 cm³/mol. The molecule has 11 aromatic rings. The maximum absolute atomic E-state index is 11.4. The zero-order chi connectivity index (χ0) is 65.8. The molecule has 4 aromatic heterocycles. The van der Waals surface area contributed by atoms with E-state index in [0.29, 0.717) is 45.6 Å². The monoisotopic (exact) mass is 1640 g/mol. The normalized spacial score (nSPS) is 9.26. The van der Waals surface area contributed by atoms with Gasteiger partial charge in [0.05, 0.1) is 0 Å². The van der Waals surface area contributed by atoms with Crippen molar-refractivity contribution in [1.29, 1.82) is 0 Å². The van der Waals surface area contributed by atoms with Gasteiger partial charge in [0.25, 0.3) is 0 Å².